The van der Waals surface area contributed by atoms with E-state index in [-0.39, 0.29) is 16.2 Å². The Balaban J connectivity index is 1.53. The quantitative estimate of drug-likeness (QED) is 0.255. The Morgan fingerprint density at radius 1 is 1.05 bits per heavy atom. The van der Waals surface area contributed by atoms with Crippen molar-refractivity contribution in [3.63, 3.8) is 0 Å². The number of carbonyl (C=O) groups is 2. The van der Waals surface area contributed by atoms with Gasteiger partial charge in [0.15, 0.2) is 15.6 Å². The number of ether oxygens (including phenoxy) is 1. The summed E-state index contributed by atoms with van der Waals surface area (Å²) < 4.78 is 36.7. The van der Waals surface area contributed by atoms with Crippen molar-refractivity contribution in [3.8, 4) is 5.75 Å². The molecule has 43 heavy (non-hydrogen) atoms. The fourth-order valence-corrected chi connectivity index (χ4v) is 6.98. The van der Waals surface area contributed by atoms with Crippen LogP contribution in [0.3, 0.4) is 0 Å². The summed E-state index contributed by atoms with van der Waals surface area (Å²) in [6.07, 6.45) is 6.40. The van der Waals surface area contributed by atoms with Gasteiger partial charge in [-0.3, -0.25) is 9.59 Å². The van der Waals surface area contributed by atoms with Gasteiger partial charge in [0.25, 0.3) is 5.91 Å². The highest BCUT2D eigenvalue weighted by molar-refractivity contribution is 7.90. The molecule has 0 radical (unpaired) electrons. The van der Waals surface area contributed by atoms with Crippen LogP contribution in [0.15, 0.2) is 90.3 Å². The molecular weight excluding hydrogens is 564 g/mol. The first kappa shape index (κ1) is 30.2. The van der Waals surface area contributed by atoms with Crippen LogP contribution in [0.25, 0.3) is 0 Å². The highest BCUT2D eigenvalue weighted by Gasteiger charge is 2.30. The number of nitrogens with one attached hydrogen (secondary N) is 1. The zero-order valence-electron chi connectivity index (χ0n) is 24.4. The van der Waals surface area contributed by atoms with Gasteiger partial charge < -0.3 is 19.5 Å². The van der Waals surface area contributed by atoms with Crippen molar-refractivity contribution in [1.29, 1.82) is 0 Å². The second-order valence-corrected chi connectivity index (χ2v) is 12.9. The normalized spacial score (nSPS) is 13.9. The molecule has 5 rings (SSSR count). The number of benzene rings is 3. The van der Waals surface area contributed by atoms with E-state index in [0.29, 0.717) is 61.3 Å². The molecule has 1 aliphatic rings. The zero-order chi connectivity index (χ0) is 30.4. The molecule has 1 amide bonds. The predicted octanol–water partition coefficient (Wildman–Crippen LogP) is 4.49. The number of hydrogen-bond donors (Lipinski definition) is 1. The van der Waals surface area contributed by atoms with E-state index in [4.69, 9.17) is 4.74 Å². The second kappa shape index (κ2) is 13.4. The molecule has 0 spiro atoms. The third-order valence-corrected chi connectivity index (χ3v) is 9.24. The Morgan fingerprint density at radius 2 is 1.81 bits per heavy atom. The van der Waals surface area contributed by atoms with Crippen LogP contribution in [-0.2, 0) is 28.6 Å². The lowest BCUT2D eigenvalue weighted by molar-refractivity contribution is 0.0945. The van der Waals surface area contributed by atoms with Crippen LogP contribution in [0, 0.1) is 0 Å². The van der Waals surface area contributed by atoms with E-state index in [0.717, 1.165) is 5.56 Å². The van der Waals surface area contributed by atoms with Crippen LogP contribution >= 0.6 is 0 Å². The summed E-state index contributed by atoms with van der Waals surface area (Å²) in [5, 5.41) is 2.82. The molecule has 0 unspecified atom stereocenters. The molecule has 224 valence electrons. The molecule has 4 aromatic rings. The van der Waals surface area contributed by atoms with Gasteiger partial charge in [-0.1, -0.05) is 42.5 Å². The smallest absolute Gasteiger partial charge is 0.252 e. The molecule has 1 aromatic heterocycles. The van der Waals surface area contributed by atoms with Crippen LogP contribution < -0.4 is 10.1 Å². The number of likely N-dealkylation sites (N-methyl/N-ethyl adjacent to an activating group) is 1. The van der Waals surface area contributed by atoms with Crippen LogP contribution in [0.1, 0.15) is 56.4 Å². The minimum atomic E-state index is -4.03. The number of Topliss-reactive ketones (excluding diaryl/α,β-unsaturated/α-hetero) is 1. The third kappa shape index (κ3) is 7.21. The first-order valence-electron chi connectivity index (χ1n) is 14.3. The van der Waals surface area contributed by atoms with Gasteiger partial charge in [-0.05, 0) is 62.3 Å². The largest absolute Gasteiger partial charge is 0.484 e. The average molecular weight is 601 g/mol. The van der Waals surface area contributed by atoms with Crippen LogP contribution in [0.4, 0.5) is 0 Å². The molecule has 10 heteroatoms. The van der Waals surface area contributed by atoms with Crippen molar-refractivity contribution in [2.45, 2.75) is 42.6 Å². The summed E-state index contributed by atoms with van der Waals surface area (Å²) in [7, 11) is -0.240. The van der Waals surface area contributed by atoms with Crippen LogP contribution in [-0.4, -0.2) is 61.7 Å². The van der Waals surface area contributed by atoms with Crippen molar-refractivity contribution < 1.29 is 22.7 Å². The van der Waals surface area contributed by atoms with Crippen LogP contribution in [0.5, 0.6) is 5.75 Å². The molecule has 1 atom stereocenters. The van der Waals surface area contributed by atoms with Crippen molar-refractivity contribution in [2.24, 2.45) is 0 Å². The van der Waals surface area contributed by atoms with Crippen molar-refractivity contribution in [3.05, 3.63) is 113 Å². The molecule has 0 aliphatic heterocycles. The Kier molecular flexibility index (Phi) is 9.37. The summed E-state index contributed by atoms with van der Waals surface area (Å²) in [6, 6.07) is 19.4. The molecule has 3 aromatic carbocycles. The molecule has 0 fully saturated rings. The van der Waals surface area contributed by atoms with E-state index >= 15 is 0 Å². The fourth-order valence-electron chi connectivity index (χ4n) is 5.35. The summed E-state index contributed by atoms with van der Waals surface area (Å²) in [4.78, 5) is 32.0. The highest BCUT2D eigenvalue weighted by Crippen LogP contribution is 2.37. The first-order chi connectivity index (χ1) is 20.7. The Hall–Kier alpha value is -4.28. The van der Waals surface area contributed by atoms with E-state index in [2.05, 4.69) is 10.3 Å². The summed E-state index contributed by atoms with van der Waals surface area (Å²) >= 11 is 0. The molecule has 1 aliphatic carbocycles. The number of ketones is 1. The summed E-state index contributed by atoms with van der Waals surface area (Å²) in [6.45, 7) is 1.44. The number of imidazole rings is 1. The number of aromatic nitrogens is 2. The molecule has 0 bridgehead atoms. The standard InChI is InChI=1S/C33H36N4O5S/c1-36(2)19-18-35-33(39)27-11-6-7-14-32(27)43(40,41)22-28-25-12-8-13-29(38)26(25)15-16-30(28)42-31(21-37-20-17-34-23-37)24-9-4-3-5-10-24/h3-7,9-11,14-17,20,23,31H,8,12-13,18-19,21-22H2,1-2H3,(H,35,39)/t31-/m1/s1. The molecule has 0 saturated carbocycles. The minimum Gasteiger partial charge on any atom is -0.484 e. The highest BCUT2D eigenvalue weighted by atomic mass is 32.2. The second-order valence-electron chi connectivity index (χ2n) is 10.9. The summed E-state index contributed by atoms with van der Waals surface area (Å²) in [5.41, 5.74) is 2.69. The van der Waals surface area contributed by atoms with E-state index in [1.807, 2.05) is 60.1 Å². The lowest BCUT2D eigenvalue weighted by atomic mass is 9.87. The maximum atomic E-state index is 14.1. The maximum absolute atomic E-state index is 14.1. The number of hydrogen-bond acceptors (Lipinski definition) is 7. The monoisotopic (exact) mass is 600 g/mol. The number of sulfone groups is 1. The third-order valence-electron chi connectivity index (χ3n) is 7.54. The lowest BCUT2D eigenvalue weighted by Crippen LogP contribution is -2.32. The SMILES string of the molecule is CN(C)CCNC(=O)c1ccccc1S(=O)(=O)Cc1c(O[C@H](Cn2ccnc2)c2ccccc2)ccc2c1CCCC2=O. The number of amides is 1. The van der Waals surface area contributed by atoms with E-state index in [1.165, 1.54) is 12.1 Å². The van der Waals surface area contributed by atoms with Gasteiger partial charge in [0.1, 0.15) is 11.9 Å². The van der Waals surface area contributed by atoms with Gasteiger partial charge in [0.05, 0.1) is 29.1 Å². The van der Waals surface area contributed by atoms with Crippen LogP contribution in [0.2, 0.25) is 0 Å². The van der Waals surface area contributed by atoms with Gasteiger partial charge in [-0.2, -0.15) is 0 Å². The van der Waals surface area contributed by atoms with E-state index in [1.54, 1.807) is 36.8 Å². The van der Waals surface area contributed by atoms with Gasteiger partial charge in [-0.25, -0.2) is 13.4 Å². The molecular formula is C33H36N4O5S. The number of nitrogens with zero attached hydrogens (tertiary/aromatic N) is 3. The summed E-state index contributed by atoms with van der Waals surface area (Å²) in [5.74, 6) is -0.468. The Labute approximate surface area is 252 Å². The van der Waals surface area contributed by atoms with Gasteiger partial charge in [-0.15, -0.1) is 0 Å². The van der Waals surface area contributed by atoms with Gasteiger partial charge in [0, 0.05) is 43.0 Å². The molecule has 9 nitrogen and oxygen atoms in total. The Bertz CT molecular complexity index is 1690. The maximum Gasteiger partial charge on any atom is 0.252 e. The molecule has 1 heterocycles. The zero-order valence-corrected chi connectivity index (χ0v) is 25.2. The van der Waals surface area contributed by atoms with E-state index < -0.39 is 27.6 Å². The number of rotatable bonds is 12. The van der Waals surface area contributed by atoms with Crippen molar-refractivity contribution >= 4 is 21.5 Å². The Morgan fingerprint density at radius 3 is 2.56 bits per heavy atom. The molecule has 1 N–H and O–H groups in total. The van der Waals surface area contributed by atoms with E-state index in [9.17, 15) is 18.0 Å². The topological polar surface area (TPSA) is 111 Å². The van der Waals surface area contributed by atoms with Crippen molar-refractivity contribution in [2.75, 3.05) is 27.2 Å². The lowest BCUT2D eigenvalue weighted by Gasteiger charge is -2.26. The minimum absolute atomic E-state index is 0.00913. The average Bonchev–Trinajstić information content (AvgIpc) is 3.51. The molecule has 0 saturated heterocycles. The van der Waals surface area contributed by atoms with Gasteiger partial charge >= 0.3 is 0 Å². The van der Waals surface area contributed by atoms with Crippen molar-refractivity contribution in [1.82, 2.24) is 19.8 Å². The predicted molar refractivity (Wildman–Crippen MR) is 164 cm³/mol. The number of carbonyl (C=O) groups excluding carboxylic acids is 2. The first-order valence-corrected chi connectivity index (χ1v) is 16.0. The number of fused-ring (bicyclic) bond motifs is 1. The van der Waals surface area contributed by atoms with Gasteiger partial charge in [0.2, 0.25) is 0 Å². The fraction of sp³-hybridized carbons (Fsp3) is 0.303.